The molecule has 3 aromatic carbocycles. The number of fused-ring (bicyclic) bond motifs is 1. The first kappa shape index (κ1) is 13.2. The number of carbonyl (C=O) groups excluding carboxylic acids is 1. The predicted octanol–water partition coefficient (Wildman–Crippen LogP) is 3.95. The smallest absolute Gasteiger partial charge is 0.298 e. The highest BCUT2D eigenvalue weighted by Crippen LogP contribution is 2.35. The maximum Gasteiger partial charge on any atom is 0.298 e. The minimum absolute atomic E-state index is 0.425. The number of carbonyl (C=O) groups is 1. The minimum Gasteiger partial charge on any atom is -0.485 e. The molecule has 0 saturated heterocycles. The van der Waals surface area contributed by atoms with Crippen LogP contribution in [0.2, 0.25) is 0 Å². The zero-order chi connectivity index (χ0) is 14.5. The molecule has 0 aromatic heterocycles. The van der Waals surface area contributed by atoms with E-state index < -0.39 is 0 Å². The van der Waals surface area contributed by atoms with Gasteiger partial charge in [-0.1, -0.05) is 60.7 Å². The molecule has 21 heavy (non-hydrogen) atoms. The summed E-state index contributed by atoms with van der Waals surface area (Å²) in [6, 6.07) is 21.3. The Bertz CT molecular complexity index is 751. The molecule has 0 amide bonds. The first-order chi connectivity index (χ1) is 10.4. The highest BCUT2D eigenvalue weighted by molar-refractivity contribution is 5.91. The summed E-state index contributed by atoms with van der Waals surface area (Å²) in [7, 11) is 0. The Morgan fingerprint density at radius 1 is 0.857 bits per heavy atom. The van der Waals surface area contributed by atoms with Crippen LogP contribution in [0.4, 0.5) is 0 Å². The molecular weight excluding hydrogens is 264 g/mol. The minimum atomic E-state index is 0.425. The van der Waals surface area contributed by atoms with Crippen LogP contribution in [0.25, 0.3) is 10.8 Å². The quantitative estimate of drug-likeness (QED) is 0.663. The van der Waals surface area contributed by atoms with Gasteiger partial charge in [-0.2, -0.15) is 0 Å². The summed E-state index contributed by atoms with van der Waals surface area (Å²) in [4.78, 5) is 10.8. The maximum absolute atomic E-state index is 10.8. The predicted molar refractivity (Wildman–Crippen MR) is 81.4 cm³/mol. The van der Waals surface area contributed by atoms with Gasteiger partial charge in [-0.15, -0.1) is 0 Å². The van der Waals surface area contributed by atoms with Crippen LogP contribution in [-0.4, -0.2) is 6.47 Å². The average molecular weight is 278 g/mol. The highest BCUT2D eigenvalue weighted by atomic mass is 16.5. The molecule has 0 atom stereocenters. The van der Waals surface area contributed by atoms with E-state index >= 15 is 0 Å². The van der Waals surface area contributed by atoms with Gasteiger partial charge in [-0.05, 0) is 17.0 Å². The number of hydrogen-bond donors (Lipinski definition) is 0. The standard InChI is InChI=1S/C18H14O3/c19-13-21-18-16-9-5-4-8-15(16)10-11-17(18)20-12-14-6-2-1-3-7-14/h1-11,13H,12H2. The summed E-state index contributed by atoms with van der Waals surface area (Å²) in [5.41, 5.74) is 1.06. The van der Waals surface area contributed by atoms with Gasteiger partial charge >= 0.3 is 0 Å². The van der Waals surface area contributed by atoms with Gasteiger partial charge < -0.3 is 9.47 Å². The first-order valence-corrected chi connectivity index (χ1v) is 6.67. The molecule has 0 aliphatic heterocycles. The van der Waals surface area contributed by atoms with Crippen molar-refractivity contribution in [2.45, 2.75) is 6.61 Å². The zero-order valence-corrected chi connectivity index (χ0v) is 11.4. The van der Waals surface area contributed by atoms with E-state index in [4.69, 9.17) is 9.47 Å². The van der Waals surface area contributed by atoms with Crippen LogP contribution in [0.15, 0.2) is 66.7 Å². The molecule has 0 bridgehead atoms. The van der Waals surface area contributed by atoms with E-state index in [1.165, 1.54) is 0 Å². The van der Waals surface area contributed by atoms with E-state index in [0.717, 1.165) is 16.3 Å². The monoisotopic (exact) mass is 278 g/mol. The Hall–Kier alpha value is -2.81. The lowest BCUT2D eigenvalue weighted by molar-refractivity contribution is -0.120. The van der Waals surface area contributed by atoms with Crippen LogP contribution in [0.1, 0.15) is 5.56 Å². The second kappa shape index (κ2) is 6.09. The molecule has 104 valence electrons. The number of ether oxygens (including phenoxy) is 2. The van der Waals surface area contributed by atoms with E-state index in [-0.39, 0.29) is 0 Å². The lowest BCUT2D eigenvalue weighted by Crippen LogP contribution is -1.99. The molecule has 0 saturated carbocycles. The Balaban J connectivity index is 1.94. The number of benzene rings is 3. The van der Waals surface area contributed by atoms with Crippen molar-refractivity contribution in [1.29, 1.82) is 0 Å². The molecule has 3 rings (SSSR count). The van der Waals surface area contributed by atoms with E-state index in [0.29, 0.717) is 24.6 Å². The van der Waals surface area contributed by atoms with Crippen molar-refractivity contribution in [3.05, 3.63) is 72.3 Å². The fourth-order valence-electron chi connectivity index (χ4n) is 2.24. The van der Waals surface area contributed by atoms with Gasteiger partial charge in [0.05, 0.1) is 0 Å². The SMILES string of the molecule is O=COc1c(OCc2ccccc2)ccc2ccccc12. The molecule has 0 N–H and O–H groups in total. The van der Waals surface area contributed by atoms with Gasteiger partial charge in [-0.25, -0.2) is 0 Å². The topological polar surface area (TPSA) is 35.5 Å². The third kappa shape index (κ3) is 2.87. The van der Waals surface area contributed by atoms with Crippen molar-refractivity contribution in [2.24, 2.45) is 0 Å². The van der Waals surface area contributed by atoms with Gasteiger partial charge in [0.2, 0.25) is 0 Å². The van der Waals surface area contributed by atoms with Gasteiger partial charge in [-0.3, -0.25) is 4.79 Å². The number of hydrogen-bond acceptors (Lipinski definition) is 3. The summed E-state index contributed by atoms with van der Waals surface area (Å²) in [6.45, 7) is 0.853. The molecule has 0 spiro atoms. The molecule has 0 unspecified atom stereocenters. The third-order valence-electron chi connectivity index (χ3n) is 3.25. The van der Waals surface area contributed by atoms with E-state index in [1.807, 2.05) is 66.7 Å². The van der Waals surface area contributed by atoms with Crippen molar-refractivity contribution < 1.29 is 14.3 Å². The van der Waals surface area contributed by atoms with E-state index in [1.54, 1.807) is 0 Å². The normalized spacial score (nSPS) is 10.3. The molecule has 0 heterocycles. The average Bonchev–Trinajstić information content (AvgIpc) is 2.55. The molecule has 3 heteroatoms. The summed E-state index contributed by atoms with van der Waals surface area (Å²) >= 11 is 0. The van der Waals surface area contributed by atoms with Gasteiger partial charge in [0, 0.05) is 5.39 Å². The van der Waals surface area contributed by atoms with Gasteiger partial charge in [0.25, 0.3) is 6.47 Å². The lowest BCUT2D eigenvalue weighted by Gasteiger charge is -2.12. The molecular formula is C18H14O3. The van der Waals surface area contributed by atoms with Crippen LogP contribution in [-0.2, 0) is 11.4 Å². The molecule has 0 fully saturated rings. The zero-order valence-electron chi connectivity index (χ0n) is 11.4. The number of rotatable bonds is 5. The van der Waals surface area contributed by atoms with Gasteiger partial charge in [0.15, 0.2) is 11.5 Å². The second-order valence-electron chi connectivity index (χ2n) is 4.60. The summed E-state index contributed by atoms with van der Waals surface area (Å²) in [6.07, 6.45) is 0. The van der Waals surface area contributed by atoms with Crippen LogP contribution in [0.5, 0.6) is 11.5 Å². The molecule has 3 nitrogen and oxygen atoms in total. The van der Waals surface area contributed by atoms with Crippen molar-refractivity contribution in [2.75, 3.05) is 0 Å². The van der Waals surface area contributed by atoms with Crippen LogP contribution < -0.4 is 9.47 Å². The fraction of sp³-hybridized carbons (Fsp3) is 0.0556. The van der Waals surface area contributed by atoms with Gasteiger partial charge in [0.1, 0.15) is 6.61 Å². The van der Waals surface area contributed by atoms with Crippen molar-refractivity contribution >= 4 is 17.2 Å². The van der Waals surface area contributed by atoms with Crippen molar-refractivity contribution in [3.8, 4) is 11.5 Å². The summed E-state index contributed by atoms with van der Waals surface area (Å²) in [5, 5.41) is 1.86. The van der Waals surface area contributed by atoms with Crippen LogP contribution in [0, 0.1) is 0 Å². The first-order valence-electron chi connectivity index (χ1n) is 6.67. The Labute approximate surface area is 122 Å². The molecule has 0 radical (unpaired) electrons. The van der Waals surface area contributed by atoms with E-state index in [9.17, 15) is 4.79 Å². The molecule has 0 aliphatic rings. The molecule has 0 aliphatic carbocycles. The maximum atomic E-state index is 10.8. The lowest BCUT2D eigenvalue weighted by atomic mass is 10.1. The molecule has 3 aromatic rings. The second-order valence-corrected chi connectivity index (χ2v) is 4.60. The highest BCUT2D eigenvalue weighted by Gasteiger charge is 2.10. The Morgan fingerprint density at radius 3 is 2.43 bits per heavy atom. The summed E-state index contributed by atoms with van der Waals surface area (Å²) < 4.78 is 10.9. The summed E-state index contributed by atoms with van der Waals surface area (Å²) in [5.74, 6) is 1.02. The third-order valence-corrected chi connectivity index (χ3v) is 3.25. The Kier molecular flexibility index (Phi) is 3.83. The van der Waals surface area contributed by atoms with Crippen molar-refractivity contribution in [1.82, 2.24) is 0 Å². The van der Waals surface area contributed by atoms with Crippen LogP contribution >= 0.6 is 0 Å². The largest absolute Gasteiger partial charge is 0.485 e. The van der Waals surface area contributed by atoms with Crippen molar-refractivity contribution in [3.63, 3.8) is 0 Å². The van der Waals surface area contributed by atoms with Crippen LogP contribution in [0.3, 0.4) is 0 Å². The van der Waals surface area contributed by atoms with E-state index in [2.05, 4.69) is 0 Å². The fourth-order valence-corrected chi connectivity index (χ4v) is 2.24. The Morgan fingerprint density at radius 2 is 1.62 bits per heavy atom.